The molecule has 0 unspecified atom stereocenters. The lowest BCUT2D eigenvalue weighted by Crippen LogP contribution is -2.30. The average Bonchev–Trinajstić information content (AvgIpc) is 3.01. The molecular formula is C15H15FN2O3. The van der Waals surface area contributed by atoms with Crippen molar-refractivity contribution >= 4 is 11.8 Å². The van der Waals surface area contributed by atoms with E-state index in [2.05, 4.69) is 10.6 Å². The number of nitrogens with one attached hydrogen (secondary N) is 2. The first kappa shape index (κ1) is 14.8. The van der Waals surface area contributed by atoms with Crippen LogP contribution in [0.25, 0.3) is 0 Å². The topological polar surface area (TPSA) is 71.3 Å². The van der Waals surface area contributed by atoms with Gasteiger partial charge in [-0.1, -0.05) is 12.1 Å². The number of amides is 2. The van der Waals surface area contributed by atoms with Crippen LogP contribution in [0.15, 0.2) is 47.3 Å². The molecule has 2 amide bonds. The van der Waals surface area contributed by atoms with E-state index in [4.69, 9.17) is 4.42 Å². The van der Waals surface area contributed by atoms with Crippen molar-refractivity contribution in [3.8, 4) is 0 Å². The van der Waals surface area contributed by atoms with Crippen molar-refractivity contribution in [2.24, 2.45) is 0 Å². The van der Waals surface area contributed by atoms with Crippen LogP contribution in [0.4, 0.5) is 4.39 Å². The zero-order valence-electron chi connectivity index (χ0n) is 11.3. The number of rotatable bonds is 6. The molecule has 0 aliphatic carbocycles. The molecule has 110 valence electrons. The van der Waals surface area contributed by atoms with Gasteiger partial charge in [0.05, 0.1) is 11.8 Å². The molecule has 2 aromatic rings. The van der Waals surface area contributed by atoms with Crippen LogP contribution in [0, 0.1) is 5.82 Å². The van der Waals surface area contributed by atoms with Crippen molar-refractivity contribution in [3.63, 3.8) is 0 Å². The van der Waals surface area contributed by atoms with Gasteiger partial charge >= 0.3 is 0 Å². The highest BCUT2D eigenvalue weighted by molar-refractivity contribution is 5.93. The van der Waals surface area contributed by atoms with E-state index in [1.807, 2.05) is 0 Å². The molecule has 0 atom stereocenters. The Morgan fingerprint density at radius 2 is 1.86 bits per heavy atom. The Morgan fingerprint density at radius 1 is 1.10 bits per heavy atom. The van der Waals surface area contributed by atoms with Crippen LogP contribution in [0.2, 0.25) is 0 Å². The maximum Gasteiger partial charge on any atom is 0.254 e. The number of benzene rings is 1. The largest absolute Gasteiger partial charge is 0.472 e. The molecule has 0 saturated heterocycles. The molecule has 0 bridgehead atoms. The van der Waals surface area contributed by atoms with E-state index in [1.165, 1.54) is 24.7 Å². The van der Waals surface area contributed by atoms with E-state index in [9.17, 15) is 14.0 Å². The molecular weight excluding hydrogens is 275 g/mol. The summed E-state index contributed by atoms with van der Waals surface area (Å²) in [6, 6.07) is 7.44. The second kappa shape index (κ2) is 7.23. The summed E-state index contributed by atoms with van der Waals surface area (Å²) in [4.78, 5) is 23.2. The van der Waals surface area contributed by atoms with Crippen molar-refractivity contribution in [1.82, 2.24) is 10.6 Å². The minimum atomic E-state index is -0.313. The van der Waals surface area contributed by atoms with Crippen molar-refractivity contribution in [3.05, 3.63) is 59.8 Å². The van der Waals surface area contributed by atoms with E-state index in [1.54, 1.807) is 18.2 Å². The summed E-state index contributed by atoms with van der Waals surface area (Å²) in [5, 5.41) is 5.31. The maximum absolute atomic E-state index is 12.7. The summed E-state index contributed by atoms with van der Waals surface area (Å²) in [5.41, 5.74) is 1.23. The van der Waals surface area contributed by atoms with Crippen molar-refractivity contribution in [2.75, 3.05) is 6.54 Å². The zero-order valence-corrected chi connectivity index (χ0v) is 11.3. The van der Waals surface area contributed by atoms with Gasteiger partial charge in [0.2, 0.25) is 5.91 Å². The fourth-order valence-electron chi connectivity index (χ4n) is 1.68. The quantitative estimate of drug-likeness (QED) is 0.853. The third-order valence-corrected chi connectivity index (χ3v) is 2.82. The molecule has 21 heavy (non-hydrogen) atoms. The number of hydrogen-bond acceptors (Lipinski definition) is 3. The summed E-state index contributed by atoms with van der Waals surface area (Å²) in [6.07, 6.45) is 2.92. The van der Waals surface area contributed by atoms with Crippen LogP contribution in [0.1, 0.15) is 22.3 Å². The molecule has 0 aliphatic heterocycles. The Bertz CT molecular complexity index is 594. The van der Waals surface area contributed by atoms with E-state index >= 15 is 0 Å². The van der Waals surface area contributed by atoms with Crippen LogP contribution in [0.5, 0.6) is 0 Å². The minimum Gasteiger partial charge on any atom is -0.472 e. The SMILES string of the molecule is O=C(CCNC(=O)c1ccoc1)NCc1ccc(F)cc1. The van der Waals surface area contributed by atoms with Gasteiger partial charge in [0, 0.05) is 19.5 Å². The van der Waals surface area contributed by atoms with E-state index in [-0.39, 0.29) is 30.6 Å². The molecule has 0 radical (unpaired) electrons. The Balaban J connectivity index is 1.66. The Labute approximate surface area is 121 Å². The summed E-state index contributed by atoms with van der Waals surface area (Å²) in [6.45, 7) is 0.564. The van der Waals surface area contributed by atoms with E-state index in [0.717, 1.165) is 5.56 Å². The normalized spacial score (nSPS) is 10.1. The fourth-order valence-corrected chi connectivity index (χ4v) is 1.68. The predicted octanol–water partition coefficient (Wildman–Crippen LogP) is 1.85. The molecule has 5 nitrogen and oxygen atoms in total. The summed E-state index contributed by atoms with van der Waals surface area (Å²) in [7, 11) is 0. The third-order valence-electron chi connectivity index (χ3n) is 2.82. The standard InChI is InChI=1S/C15H15FN2O3/c16-13-3-1-11(2-4-13)9-18-14(19)5-7-17-15(20)12-6-8-21-10-12/h1-4,6,8,10H,5,7,9H2,(H,17,20)(H,18,19). The summed E-state index contributed by atoms with van der Waals surface area (Å²) >= 11 is 0. The lowest BCUT2D eigenvalue weighted by Gasteiger charge is -2.06. The fraction of sp³-hybridized carbons (Fsp3) is 0.200. The van der Waals surface area contributed by atoms with Crippen molar-refractivity contribution < 1.29 is 18.4 Å². The number of furan rings is 1. The molecule has 0 saturated carbocycles. The van der Waals surface area contributed by atoms with Crippen LogP contribution < -0.4 is 10.6 Å². The summed E-state index contributed by atoms with van der Waals surface area (Å²) in [5.74, 6) is -0.783. The lowest BCUT2D eigenvalue weighted by atomic mass is 10.2. The van der Waals surface area contributed by atoms with Crippen LogP contribution in [-0.4, -0.2) is 18.4 Å². The molecule has 0 aliphatic rings. The number of halogens is 1. The van der Waals surface area contributed by atoms with Gasteiger partial charge in [-0.15, -0.1) is 0 Å². The molecule has 0 fully saturated rings. The molecule has 2 rings (SSSR count). The first-order valence-electron chi connectivity index (χ1n) is 6.46. The van der Waals surface area contributed by atoms with Crippen LogP contribution in [-0.2, 0) is 11.3 Å². The van der Waals surface area contributed by atoms with Gasteiger partial charge < -0.3 is 15.1 Å². The molecule has 0 spiro atoms. The highest BCUT2D eigenvalue weighted by Crippen LogP contribution is 2.02. The van der Waals surface area contributed by atoms with Gasteiger partial charge in [-0.2, -0.15) is 0 Å². The lowest BCUT2D eigenvalue weighted by molar-refractivity contribution is -0.121. The Kier molecular flexibility index (Phi) is 5.09. The van der Waals surface area contributed by atoms with E-state index in [0.29, 0.717) is 12.1 Å². The zero-order chi connectivity index (χ0) is 15.1. The third kappa shape index (κ3) is 4.76. The van der Waals surface area contributed by atoms with Gasteiger partial charge in [0.25, 0.3) is 5.91 Å². The van der Waals surface area contributed by atoms with Gasteiger partial charge in [-0.3, -0.25) is 9.59 Å². The maximum atomic E-state index is 12.7. The highest BCUT2D eigenvalue weighted by atomic mass is 19.1. The smallest absolute Gasteiger partial charge is 0.254 e. The van der Waals surface area contributed by atoms with Crippen molar-refractivity contribution in [1.29, 1.82) is 0 Å². The van der Waals surface area contributed by atoms with Gasteiger partial charge in [-0.25, -0.2) is 4.39 Å². The van der Waals surface area contributed by atoms with E-state index < -0.39 is 0 Å². The second-order valence-corrected chi connectivity index (χ2v) is 4.42. The molecule has 1 aromatic carbocycles. The first-order chi connectivity index (χ1) is 10.1. The van der Waals surface area contributed by atoms with Crippen molar-refractivity contribution in [2.45, 2.75) is 13.0 Å². The number of hydrogen-bond donors (Lipinski definition) is 2. The molecule has 2 N–H and O–H groups in total. The summed E-state index contributed by atoms with van der Waals surface area (Å²) < 4.78 is 17.5. The Morgan fingerprint density at radius 3 is 2.52 bits per heavy atom. The van der Waals surface area contributed by atoms with Crippen LogP contribution >= 0.6 is 0 Å². The number of carbonyl (C=O) groups excluding carboxylic acids is 2. The molecule has 6 heteroatoms. The minimum absolute atomic E-state index is 0.171. The molecule has 1 aromatic heterocycles. The second-order valence-electron chi connectivity index (χ2n) is 4.42. The monoisotopic (exact) mass is 290 g/mol. The number of carbonyl (C=O) groups is 2. The average molecular weight is 290 g/mol. The van der Waals surface area contributed by atoms with Gasteiger partial charge in [0.1, 0.15) is 12.1 Å². The van der Waals surface area contributed by atoms with Gasteiger partial charge in [-0.05, 0) is 23.8 Å². The predicted molar refractivity (Wildman–Crippen MR) is 73.9 cm³/mol. The first-order valence-corrected chi connectivity index (χ1v) is 6.46. The Hall–Kier alpha value is -2.63. The highest BCUT2D eigenvalue weighted by Gasteiger charge is 2.07. The molecule has 1 heterocycles. The van der Waals surface area contributed by atoms with Crippen LogP contribution in [0.3, 0.4) is 0 Å². The van der Waals surface area contributed by atoms with Gasteiger partial charge in [0.15, 0.2) is 0 Å².